The lowest BCUT2D eigenvalue weighted by molar-refractivity contribution is 0.0631. The van der Waals surface area contributed by atoms with Gasteiger partial charge in [-0.3, -0.25) is 0 Å². The minimum absolute atomic E-state index is 0.511. The van der Waals surface area contributed by atoms with Crippen molar-refractivity contribution in [2.45, 2.75) is 18.4 Å². The number of hydrogen-bond donors (Lipinski definition) is 1. The Labute approximate surface area is 76.0 Å². The van der Waals surface area contributed by atoms with Crippen molar-refractivity contribution in [2.24, 2.45) is 0 Å². The summed E-state index contributed by atoms with van der Waals surface area (Å²) in [6.45, 7) is 0. The first-order valence-corrected chi connectivity index (χ1v) is 5.27. The Bertz CT molecular complexity index is 237. The largest absolute Gasteiger partial charge is 0.469 e. The van der Waals surface area contributed by atoms with E-state index < -0.39 is 5.60 Å². The summed E-state index contributed by atoms with van der Waals surface area (Å²) in [5.41, 5.74) is -0.511. The minimum Gasteiger partial charge on any atom is -0.469 e. The molecule has 2 rings (SSSR count). The monoisotopic (exact) mass is 184 g/mol. The fraction of sp³-hybridized carbons (Fsp3) is 0.556. The van der Waals surface area contributed by atoms with Gasteiger partial charge in [0.2, 0.25) is 0 Å². The van der Waals surface area contributed by atoms with Crippen LogP contribution in [0.25, 0.3) is 0 Å². The summed E-state index contributed by atoms with van der Waals surface area (Å²) in [7, 11) is 0. The molecular weight excluding hydrogens is 172 g/mol. The zero-order valence-electron chi connectivity index (χ0n) is 6.82. The highest BCUT2D eigenvalue weighted by Crippen LogP contribution is 2.30. The first kappa shape index (κ1) is 8.20. The van der Waals surface area contributed by atoms with E-state index in [9.17, 15) is 5.11 Å². The smallest absolute Gasteiger partial charge is 0.106 e. The Balaban J connectivity index is 2.02. The molecule has 1 N–H and O–H groups in total. The molecule has 0 aliphatic carbocycles. The maximum atomic E-state index is 9.98. The van der Waals surface area contributed by atoms with Gasteiger partial charge < -0.3 is 9.52 Å². The van der Waals surface area contributed by atoms with Gasteiger partial charge in [0.05, 0.1) is 11.9 Å². The zero-order valence-corrected chi connectivity index (χ0v) is 7.64. The lowest BCUT2D eigenvalue weighted by atomic mass is 9.98. The summed E-state index contributed by atoms with van der Waals surface area (Å²) in [6, 6.07) is 3.78. The molecule has 0 spiro atoms. The average Bonchev–Trinajstić information content (AvgIpc) is 2.62. The molecule has 1 aliphatic heterocycles. The van der Waals surface area contributed by atoms with Gasteiger partial charge in [0, 0.05) is 12.2 Å². The van der Waals surface area contributed by atoms with E-state index in [1.165, 1.54) is 0 Å². The lowest BCUT2D eigenvalue weighted by Gasteiger charge is -2.19. The molecule has 1 aromatic rings. The van der Waals surface area contributed by atoms with Gasteiger partial charge in [-0.25, -0.2) is 0 Å². The summed E-state index contributed by atoms with van der Waals surface area (Å²) in [4.78, 5) is 0. The van der Waals surface area contributed by atoms with Crippen molar-refractivity contribution in [1.82, 2.24) is 0 Å². The summed E-state index contributed by atoms with van der Waals surface area (Å²) >= 11 is 1.81. The highest BCUT2D eigenvalue weighted by atomic mass is 32.2. The highest BCUT2D eigenvalue weighted by Gasteiger charge is 2.32. The standard InChI is InChI=1S/C9H12O2S/c10-9(3-5-12-7-9)6-8-2-1-4-11-8/h1-2,4,10H,3,5-7H2. The maximum Gasteiger partial charge on any atom is 0.106 e. The Morgan fingerprint density at radius 2 is 2.58 bits per heavy atom. The van der Waals surface area contributed by atoms with Crippen molar-refractivity contribution in [3.63, 3.8) is 0 Å². The van der Waals surface area contributed by atoms with E-state index in [1.54, 1.807) is 6.26 Å². The third kappa shape index (κ3) is 1.67. The van der Waals surface area contributed by atoms with Crippen LogP contribution in [0.15, 0.2) is 22.8 Å². The van der Waals surface area contributed by atoms with E-state index in [4.69, 9.17) is 4.42 Å². The second kappa shape index (κ2) is 3.15. The van der Waals surface area contributed by atoms with Crippen LogP contribution in [0.5, 0.6) is 0 Å². The Morgan fingerprint density at radius 1 is 1.67 bits per heavy atom. The molecule has 12 heavy (non-hydrogen) atoms. The van der Waals surface area contributed by atoms with Crippen LogP contribution in [0.3, 0.4) is 0 Å². The van der Waals surface area contributed by atoms with E-state index in [-0.39, 0.29) is 0 Å². The quantitative estimate of drug-likeness (QED) is 0.759. The van der Waals surface area contributed by atoms with Crippen molar-refractivity contribution in [1.29, 1.82) is 0 Å². The summed E-state index contributed by atoms with van der Waals surface area (Å²) < 4.78 is 5.19. The second-order valence-electron chi connectivity index (χ2n) is 3.28. The molecule has 0 radical (unpaired) electrons. The minimum atomic E-state index is -0.511. The fourth-order valence-corrected chi connectivity index (χ4v) is 2.77. The first-order valence-electron chi connectivity index (χ1n) is 4.11. The zero-order chi connectivity index (χ0) is 8.44. The van der Waals surface area contributed by atoms with E-state index in [2.05, 4.69) is 0 Å². The molecule has 0 amide bonds. The number of aliphatic hydroxyl groups is 1. The third-order valence-electron chi connectivity index (χ3n) is 2.17. The molecule has 1 fully saturated rings. The molecule has 2 heterocycles. The second-order valence-corrected chi connectivity index (χ2v) is 4.39. The van der Waals surface area contributed by atoms with E-state index >= 15 is 0 Å². The molecule has 0 aromatic carbocycles. The lowest BCUT2D eigenvalue weighted by Crippen LogP contribution is -2.30. The van der Waals surface area contributed by atoms with Gasteiger partial charge in [-0.2, -0.15) is 11.8 Å². The summed E-state index contributed by atoms with van der Waals surface area (Å²) in [6.07, 6.45) is 3.20. The van der Waals surface area contributed by atoms with Gasteiger partial charge in [0.25, 0.3) is 0 Å². The topological polar surface area (TPSA) is 33.4 Å². The molecule has 1 unspecified atom stereocenters. The van der Waals surface area contributed by atoms with Gasteiger partial charge in [0.1, 0.15) is 5.76 Å². The van der Waals surface area contributed by atoms with Crippen LogP contribution in [-0.2, 0) is 6.42 Å². The number of furan rings is 1. The van der Waals surface area contributed by atoms with Crippen molar-refractivity contribution >= 4 is 11.8 Å². The number of rotatable bonds is 2. The van der Waals surface area contributed by atoms with Gasteiger partial charge >= 0.3 is 0 Å². The van der Waals surface area contributed by atoms with Crippen LogP contribution in [0.4, 0.5) is 0 Å². The van der Waals surface area contributed by atoms with E-state index in [0.717, 1.165) is 23.7 Å². The summed E-state index contributed by atoms with van der Waals surface area (Å²) in [5, 5.41) is 9.98. The Morgan fingerprint density at radius 3 is 3.17 bits per heavy atom. The van der Waals surface area contributed by atoms with Crippen molar-refractivity contribution < 1.29 is 9.52 Å². The molecule has 0 bridgehead atoms. The van der Waals surface area contributed by atoms with Crippen LogP contribution < -0.4 is 0 Å². The predicted octanol–water partition coefficient (Wildman–Crippen LogP) is 1.69. The van der Waals surface area contributed by atoms with Crippen molar-refractivity contribution in [3.05, 3.63) is 24.2 Å². The van der Waals surface area contributed by atoms with Gasteiger partial charge in [-0.1, -0.05) is 0 Å². The average molecular weight is 184 g/mol. The molecule has 1 atom stereocenters. The molecule has 0 saturated carbocycles. The van der Waals surface area contributed by atoms with E-state index in [0.29, 0.717) is 6.42 Å². The molecule has 66 valence electrons. The fourth-order valence-electron chi connectivity index (χ4n) is 1.47. The molecule has 1 aliphatic rings. The maximum absolute atomic E-state index is 9.98. The molecule has 3 heteroatoms. The Kier molecular flexibility index (Phi) is 2.15. The summed E-state index contributed by atoms with van der Waals surface area (Å²) in [5.74, 6) is 2.80. The molecule has 1 aromatic heterocycles. The van der Waals surface area contributed by atoms with Gasteiger partial charge in [0.15, 0.2) is 0 Å². The van der Waals surface area contributed by atoms with Gasteiger partial charge in [-0.05, 0) is 24.3 Å². The molecule has 1 saturated heterocycles. The van der Waals surface area contributed by atoms with Crippen molar-refractivity contribution in [2.75, 3.05) is 11.5 Å². The normalized spacial score (nSPS) is 29.4. The third-order valence-corrected chi connectivity index (χ3v) is 3.40. The van der Waals surface area contributed by atoms with Gasteiger partial charge in [-0.15, -0.1) is 0 Å². The Hall–Kier alpha value is -0.410. The first-order chi connectivity index (χ1) is 5.79. The highest BCUT2D eigenvalue weighted by molar-refractivity contribution is 7.99. The predicted molar refractivity (Wildman–Crippen MR) is 49.3 cm³/mol. The molecular formula is C9H12O2S. The van der Waals surface area contributed by atoms with Crippen LogP contribution in [0, 0.1) is 0 Å². The van der Waals surface area contributed by atoms with Crippen LogP contribution in [-0.4, -0.2) is 22.2 Å². The number of hydrogen-bond acceptors (Lipinski definition) is 3. The van der Waals surface area contributed by atoms with Crippen LogP contribution in [0.2, 0.25) is 0 Å². The van der Waals surface area contributed by atoms with Crippen LogP contribution in [0.1, 0.15) is 12.2 Å². The van der Waals surface area contributed by atoms with Crippen molar-refractivity contribution in [3.8, 4) is 0 Å². The molecule has 2 nitrogen and oxygen atoms in total. The van der Waals surface area contributed by atoms with Crippen LogP contribution >= 0.6 is 11.8 Å². The van der Waals surface area contributed by atoms with E-state index in [1.807, 2.05) is 23.9 Å². The SMILES string of the molecule is OC1(Cc2ccco2)CCSC1. The number of thioether (sulfide) groups is 1.